The van der Waals surface area contributed by atoms with Gasteiger partial charge in [0, 0.05) is 30.6 Å². The van der Waals surface area contributed by atoms with E-state index in [-0.39, 0.29) is 0 Å². The molecule has 1 heterocycles. The van der Waals surface area contributed by atoms with Crippen LogP contribution in [0.5, 0.6) is 0 Å². The van der Waals surface area contributed by atoms with E-state index in [1.165, 1.54) is 11.3 Å². The maximum Gasteiger partial charge on any atom is 0.252 e. The molecule has 1 aromatic heterocycles. The van der Waals surface area contributed by atoms with Gasteiger partial charge in [-0.3, -0.25) is 0 Å². The second-order valence-electron chi connectivity index (χ2n) is 5.93. The Morgan fingerprint density at radius 1 is 1.24 bits per heavy atom. The SMILES string of the molecule is CCN(CC(C)C)S(=O)(=O)c1ccc(CCNC(C)C)s1. The minimum Gasteiger partial charge on any atom is -0.314 e. The van der Waals surface area contributed by atoms with Crippen LogP contribution in [0.15, 0.2) is 16.3 Å². The van der Waals surface area contributed by atoms with Crippen molar-refractivity contribution in [3.63, 3.8) is 0 Å². The Labute approximate surface area is 133 Å². The van der Waals surface area contributed by atoms with Gasteiger partial charge >= 0.3 is 0 Å². The van der Waals surface area contributed by atoms with Crippen LogP contribution in [0.1, 0.15) is 39.5 Å². The predicted molar refractivity (Wildman–Crippen MR) is 90.4 cm³/mol. The molecular formula is C15H28N2O2S2. The molecule has 0 spiro atoms. The summed E-state index contributed by atoms with van der Waals surface area (Å²) in [6.07, 6.45) is 0.870. The monoisotopic (exact) mass is 332 g/mol. The Bertz CT molecular complexity index is 522. The van der Waals surface area contributed by atoms with Gasteiger partial charge in [0.15, 0.2) is 0 Å². The van der Waals surface area contributed by atoms with Crippen molar-refractivity contribution in [1.29, 1.82) is 0 Å². The van der Waals surface area contributed by atoms with E-state index >= 15 is 0 Å². The number of thiophene rings is 1. The van der Waals surface area contributed by atoms with Gasteiger partial charge in [0.25, 0.3) is 10.0 Å². The first kappa shape index (κ1) is 18.6. The molecule has 0 bridgehead atoms. The summed E-state index contributed by atoms with van der Waals surface area (Å²) in [6, 6.07) is 4.13. The Morgan fingerprint density at radius 2 is 1.90 bits per heavy atom. The summed E-state index contributed by atoms with van der Waals surface area (Å²) in [5, 5.41) is 3.35. The first-order valence-corrected chi connectivity index (χ1v) is 9.85. The van der Waals surface area contributed by atoms with Crippen molar-refractivity contribution in [2.75, 3.05) is 19.6 Å². The van der Waals surface area contributed by atoms with Crippen LogP contribution in [0.3, 0.4) is 0 Å². The van der Waals surface area contributed by atoms with Gasteiger partial charge in [-0.2, -0.15) is 4.31 Å². The van der Waals surface area contributed by atoms with Gasteiger partial charge in [-0.05, 0) is 24.5 Å². The Morgan fingerprint density at radius 3 is 2.43 bits per heavy atom. The van der Waals surface area contributed by atoms with Crippen molar-refractivity contribution in [2.24, 2.45) is 5.92 Å². The largest absolute Gasteiger partial charge is 0.314 e. The molecule has 0 saturated carbocycles. The number of hydrogen-bond acceptors (Lipinski definition) is 4. The maximum atomic E-state index is 12.6. The van der Waals surface area contributed by atoms with E-state index < -0.39 is 10.0 Å². The van der Waals surface area contributed by atoms with Gasteiger partial charge in [-0.25, -0.2) is 8.42 Å². The summed E-state index contributed by atoms with van der Waals surface area (Å²) in [5.74, 6) is 0.328. The topological polar surface area (TPSA) is 49.4 Å². The van der Waals surface area contributed by atoms with Crippen LogP contribution in [0, 0.1) is 5.92 Å². The average Bonchev–Trinajstić information content (AvgIpc) is 2.84. The molecular weight excluding hydrogens is 304 g/mol. The quantitative estimate of drug-likeness (QED) is 0.756. The lowest BCUT2D eigenvalue weighted by Crippen LogP contribution is -2.33. The Balaban J connectivity index is 2.77. The molecule has 0 unspecified atom stereocenters. The third-order valence-electron chi connectivity index (χ3n) is 3.08. The second-order valence-corrected chi connectivity index (χ2v) is 9.26. The third kappa shape index (κ3) is 5.70. The van der Waals surface area contributed by atoms with Crippen molar-refractivity contribution >= 4 is 21.4 Å². The molecule has 0 radical (unpaired) electrons. The van der Waals surface area contributed by atoms with E-state index in [2.05, 4.69) is 19.2 Å². The number of rotatable bonds is 9. The highest BCUT2D eigenvalue weighted by Gasteiger charge is 2.25. The summed E-state index contributed by atoms with van der Waals surface area (Å²) in [5.41, 5.74) is 0. The fourth-order valence-corrected chi connectivity index (χ4v) is 5.17. The molecule has 0 aromatic carbocycles. The second kappa shape index (κ2) is 8.27. The normalized spacial score (nSPS) is 12.8. The summed E-state index contributed by atoms with van der Waals surface area (Å²) in [6.45, 7) is 12.1. The Hall–Kier alpha value is -0.430. The lowest BCUT2D eigenvalue weighted by Gasteiger charge is -2.21. The Kier molecular flexibility index (Phi) is 7.33. The molecule has 1 aromatic rings. The first-order chi connectivity index (χ1) is 9.77. The van der Waals surface area contributed by atoms with E-state index in [1.807, 2.05) is 26.8 Å². The van der Waals surface area contributed by atoms with Crippen molar-refractivity contribution < 1.29 is 8.42 Å². The lowest BCUT2D eigenvalue weighted by atomic mass is 10.2. The number of nitrogens with zero attached hydrogens (tertiary/aromatic N) is 1. The molecule has 0 aliphatic heterocycles. The molecule has 122 valence electrons. The van der Waals surface area contributed by atoms with Crippen LogP contribution >= 0.6 is 11.3 Å². The molecule has 0 saturated heterocycles. The smallest absolute Gasteiger partial charge is 0.252 e. The minimum absolute atomic E-state index is 0.328. The number of sulfonamides is 1. The van der Waals surface area contributed by atoms with Gasteiger partial charge in [-0.1, -0.05) is 34.6 Å². The van der Waals surface area contributed by atoms with Gasteiger partial charge < -0.3 is 5.32 Å². The molecule has 0 atom stereocenters. The van der Waals surface area contributed by atoms with Crippen molar-refractivity contribution in [1.82, 2.24) is 9.62 Å². The third-order valence-corrected chi connectivity index (χ3v) is 6.63. The molecule has 0 aliphatic carbocycles. The molecule has 21 heavy (non-hydrogen) atoms. The highest BCUT2D eigenvalue weighted by atomic mass is 32.2. The van der Waals surface area contributed by atoms with E-state index in [0.717, 1.165) is 17.8 Å². The minimum atomic E-state index is -3.34. The summed E-state index contributed by atoms with van der Waals surface area (Å²) in [4.78, 5) is 1.11. The number of nitrogens with one attached hydrogen (secondary N) is 1. The lowest BCUT2D eigenvalue weighted by molar-refractivity contribution is 0.382. The molecule has 0 fully saturated rings. The van der Waals surface area contributed by atoms with Gasteiger partial charge in [-0.15, -0.1) is 11.3 Å². The van der Waals surface area contributed by atoms with E-state index in [9.17, 15) is 8.42 Å². The average molecular weight is 333 g/mol. The van der Waals surface area contributed by atoms with Crippen LogP contribution in [0.4, 0.5) is 0 Å². The van der Waals surface area contributed by atoms with Gasteiger partial charge in [0.1, 0.15) is 4.21 Å². The zero-order valence-corrected chi connectivity index (χ0v) is 15.4. The fraction of sp³-hybridized carbons (Fsp3) is 0.733. The van der Waals surface area contributed by atoms with E-state index in [0.29, 0.717) is 29.3 Å². The molecule has 6 heteroatoms. The van der Waals surface area contributed by atoms with Crippen molar-refractivity contribution in [3.8, 4) is 0 Å². The van der Waals surface area contributed by atoms with Crippen LogP contribution in [0.2, 0.25) is 0 Å². The van der Waals surface area contributed by atoms with Gasteiger partial charge in [0.05, 0.1) is 0 Å². The maximum absolute atomic E-state index is 12.6. The highest BCUT2D eigenvalue weighted by Crippen LogP contribution is 2.25. The zero-order valence-electron chi connectivity index (χ0n) is 13.7. The molecule has 0 aliphatic rings. The van der Waals surface area contributed by atoms with E-state index in [1.54, 1.807) is 10.4 Å². The molecule has 1 rings (SSSR count). The van der Waals surface area contributed by atoms with Crippen molar-refractivity contribution in [2.45, 2.75) is 51.3 Å². The summed E-state index contributed by atoms with van der Waals surface area (Å²) >= 11 is 1.39. The van der Waals surface area contributed by atoms with Crippen LogP contribution in [0.25, 0.3) is 0 Å². The van der Waals surface area contributed by atoms with Crippen LogP contribution < -0.4 is 5.32 Å². The highest BCUT2D eigenvalue weighted by molar-refractivity contribution is 7.91. The van der Waals surface area contributed by atoms with Gasteiger partial charge in [0.2, 0.25) is 0 Å². The zero-order chi connectivity index (χ0) is 16.0. The van der Waals surface area contributed by atoms with Crippen LogP contribution in [-0.2, 0) is 16.4 Å². The van der Waals surface area contributed by atoms with E-state index in [4.69, 9.17) is 0 Å². The number of hydrogen-bond donors (Lipinski definition) is 1. The van der Waals surface area contributed by atoms with Crippen LogP contribution in [-0.4, -0.2) is 38.4 Å². The summed E-state index contributed by atoms with van der Waals surface area (Å²) < 4.78 is 27.3. The summed E-state index contributed by atoms with van der Waals surface area (Å²) in [7, 11) is -3.34. The predicted octanol–water partition coefficient (Wildman–Crippen LogP) is 2.96. The molecule has 1 N–H and O–H groups in total. The fourth-order valence-electron chi connectivity index (χ4n) is 2.05. The molecule has 4 nitrogen and oxygen atoms in total. The molecule has 0 amide bonds. The van der Waals surface area contributed by atoms with Crippen molar-refractivity contribution in [3.05, 3.63) is 17.0 Å². The first-order valence-electron chi connectivity index (χ1n) is 7.59. The standard InChI is InChI=1S/C15H28N2O2S2/c1-6-17(11-12(2)3)21(18,19)15-8-7-14(20-15)9-10-16-13(4)5/h7-8,12-13,16H,6,9-11H2,1-5H3.